The normalized spacial score (nSPS) is 10.3. The number of rotatable bonds is 4. The molecule has 0 atom stereocenters. The number of pyridine rings is 2. The van der Waals surface area contributed by atoms with Crippen molar-refractivity contribution in [3.05, 3.63) is 80.8 Å². The highest BCUT2D eigenvalue weighted by Crippen LogP contribution is 2.10. The zero-order valence-electron chi connectivity index (χ0n) is 12.4. The molecular formula is C16H13N5O3. The Morgan fingerprint density at radius 2 is 2.12 bits per heavy atom. The zero-order chi connectivity index (χ0) is 16.9. The topological polar surface area (TPSA) is 121 Å². The lowest BCUT2D eigenvalue weighted by atomic mass is 10.1. The number of nitrogens with zero attached hydrogens (tertiary/aromatic N) is 2. The summed E-state index contributed by atoms with van der Waals surface area (Å²) >= 11 is 0. The van der Waals surface area contributed by atoms with Gasteiger partial charge in [0.2, 0.25) is 0 Å². The molecule has 8 heteroatoms. The first-order valence-corrected chi connectivity index (χ1v) is 7.09. The van der Waals surface area contributed by atoms with Gasteiger partial charge in [-0.3, -0.25) is 19.4 Å². The maximum Gasteiger partial charge on any atom is 0.277 e. The Hall–Kier alpha value is -3.55. The fourth-order valence-electron chi connectivity index (χ4n) is 2.11. The van der Waals surface area contributed by atoms with Crippen molar-refractivity contribution in [2.45, 2.75) is 6.54 Å². The van der Waals surface area contributed by atoms with Gasteiger partial charge in [0.25, 0.3) is 11.5 Å². The van der Waals surface area contributed by atoms with Gasteiger partial charge in [-0.1, -0.05) is 6.07 Å². The average molecular weight is 323 g/mol. The van der Waals surface area contributed by atoms with Crippen LogP contribution in [0.4, 0.5) is 0 Å². The highest BCUT2D eigenvalue weighted by Gasteiger charge is 2.14. The summed E-state index contributed by atoms with van der Waals surface area (Å²) < 4.78 is 0. The van der Waals surface area contributed by atoms with Crippen molar-refractivity contribution in [1.29, 1.82) is 0 Å². The summed E-state index contributed by atoms with van der Waals surface area (Å²) in [6.07, 6.45) is 6.19. The van der Waals surface area contributed by atoms with Crippen LogP contribution in [0.1, 0.15) is 15.9 Å². The molecule has 3 aromatic heterocycles. The quantitative estimate of drug-likeness (QED) is 0.644. The molecule has 8 nitrogen and oxygen atoms in total. The van der Waals surface area contributed by atoms with Crippen LogP contribution in [-0.4, -0.2) is 26.1 Å². The van der Waals surface area contributed by atoms with Crippen molar-refractivity contribution in [2.75, 3.05) is 0 Å². The monoisotopic (exact) mass is 323 g/mol. The van der Waals surface area contributed by atoms with Crippen LogP contribution in [0.5, 0.6) is 0 Å². The van der Waals surface area contributed by atoms with E-state index in [-0.39, 0.29) is 28.8 Å². The molecule has 0 radical (unpaired) electrons. The Morgan fingerprint density at radius 1 is 1.25 bits per heavy atom. The fourth-order valence-corrected chi connectivity index (χ4v) is 2.11. The highest BCUT2D eigenvalue weighted by molar-refractivity contribution is 5.94. The minimum Gasteiger partial charge on any atom is -0.367 e. The fraction of sp³-hybridized carbons (Fsp3) is 0.0625. The smallest absolute Gasteiger partial charge is 0.277 e. The molecule has 0 bridgehead atoms. The first kappa shape index (κ1) is 15.3. The molecule has 0 saturated heterocycles. The van der Waals surface area contributed by atoms with E-state index in [0.29, 0.717) is 0 Å². The number of carbonyl (C=O) groups is 1. The molecule has 0 spiro atoms. The summed E-state index contributed by atoms with van der Waals surface area (Å²) in [5.74, 6) is -0.559. The van der Waals surface area contributed by atoms with Crippen molar-refractivity contribution < 1.29 is 4.79 Å². The maximum absolute atomic E-state index is 12.2. The van der Waals surface area contributed by atoms with Crippen molar-refractivity contribution in [1.82, 2.24) is 25.5 Å². The molecule has 3 N–H and O–H groups in total. The van der Waals surface area contributed by atoms with Crippen LogP contribution < -0.4 is 16.3 Å². The van der Waals surface area contributed by atoms with Crippen LogP contribution in [0.2, 0.25) is 0 Å². The van der Waals surface area contributed by atoms with Crippen LogP contribution in [0.25, 0.3) is 11.3 Å². The second-order valence-electron chi connectivity index (χ2n) is 4.96. The summed E-state index contributed by atoms with van der Waals surface area (Å²) in [5.41, 5.74) is 0.256. The zero-order valence-corrected chi connectivity index (χ0v) is 12.4. The second kappa shape index (κ2) is 6.69. The van der Waals surface area contributed by atoms with E-state index in [2.05, 4.69) is 25.5 Å². The lowest BCUT2D eigenvalue weighted by molar-refractivity contribution is 0.0949. The Bertz CT molecular complexity index is 979. The molecule has 0 unspecified atom stereocenters. The second-order valence-corrected chi connectivity index (χ2v) is 4.96. The number of hydrogen-bond donors (Lipinski definition) is 3. The summed E-state index contributed by atoms with van der Waals surface area (Å²) in [6, 6.07) is 6.19. The lowest BCUT2D eigenvalue weighted by Gasteiger charge is -2.05. The van der Waals surface area contributed by atoms with E-state index in [1.807, 2.05) is 0 Å². The molecule has 0 fully saturated rings. The lowest BCUT2D eigenvalue weighted by Crippen LogP contribution is -2.30. The molecule has 0 aliphatic rings. The average Bonchev–Trinajstić information content (AvgIpc) is 2.61. The molecule has 120 valence electrons. The predicted molar refractivity (Wildman–Crippen MR) is 86.3 cm³/mol. The number of aromatic nitrogens is 4. The summed E-state index contributed by atoms with van der Waals surface area (Å²) in [7, 11) is 0. The molecule has 24 heavy (non-hydrogen) atoms. The van der Waals surface area contributed by atoms with E-state index in [4.69, 9.17) is 0 Å². The minimum absolute atomic E-state index is 0.118. The van der Waals surface area contributed by atoms with Gasteiger partial charge in [0.05, 0.1) is 11.3 Å². The van der Waals surface area contributed by atoms with Crippen LogP contribution in [0.15, 0.2) is 58.6 Å². The molecule has 1 amide bonds. The van der Waals surface area contributed by atoms with E-state index >= 15 is 0 Å². The summed E-state index contributed by atoms with van der Waals surface area (Å²) in [4.78, 5) is 42.7. The van der Waals surface area contributed by atoms with Crippen molar-refractivity contribution in [3.8, 4) is 11.3 Å². The Balaban J connectivity index is 1.86. The first-order chi connectivity index (χ1) is 11.6. The number of amides is 1. The Labute approximate surface area is 135 Å². The van der Waals surface area contributed by atoms with Gasteiger partial charge in [-0.2, -0.15) is 5.10 Å². The maximum atomic E-state index is 12.2. The summed E-state index contributed by atoms with van der Waals surface area (Å²) in [6.45, 7) is 0.232. The molecule has 0 aromatic carbocycles. The third-order valence-electron chi connectivity index (χ3n) is 3.32. The first-order valence-electron chi connectivity index (χ1n) is 7.09. The van der Waals surface area contributed by atoms with Gasteiger partial charge in [0.15, 0.2) is 5.43 Å². The van der Waals surface area contributed by atoms with E-state index < -0.39 is 11.5 Å². The van der Waals surface area contributed by atoms with Crippen LogP contribution in [0.3, 0.4) is 0 Å². The molecule has 3 aromatic rings. The third kappa shape index (κ3) is 3.27. The van der Waals surface area contributed by atoms with Crippen LogP contribution >= 0.6 is 0 Å². The SMILES string of the molecule is O=C(NCc1cccnc1)c1cc(-c2c[nH]ccc2=O)n[nH]c1=O. The Kier molecular flexibility index (Phi) is 4.28. The van der Waals surface area contributed by atoms with Gasteiger partial charge in [0.1, 0.15) is 5.56 Å². The van der Waals surface area contributed by atoms with E-state index in [0.717, 1.165) is 5.56 Å². The van der Waals surface area contributed by atoms with Crippen molar-refractivity contribution >= 4 is 5.91 Å². The van der Waals surface area contributed by atoms with Crippen LogP contribution in [0, 0.1) is 0 Å². The minimum atomic E-state index is -0.630. The van der Waals surface area contributed by atoms with Gasteiger partial charge in [-0.25, -0.2) is 5.10 Å². The van der Waals surface area contributed by atoms with Gasteiger partial charge in [0, 0.05) is 37.4 Å². The van der Waals surface area contributed by atoms with Gasteiger partial charge in [-0.15, -0.1) is 0 Å². The summed E-state index contributed by atoms with van der Waals surface area (Å²) in [5, 5.41) is 8.70. The third-order valence-corrected chi connectivity index (χ3v) is 3.32. The molecule has 0 aliphatic heterocycles. The van der Waals surface area contributed by atoms with Gasteiger partial charge < -0.3 is 10.3 Å². The van der Waals surface area contributed by atoms with E-state index in [1.54, 1.807) is 24.5 Å². The highest BCUT2D eigenvalue weighted by atomic mass is 16.2. The van der Waals surface area contributed by atoms with Crippen molar-refractivity contribution in [3.63, 3.8) is 0 Å². The van der Waals surface area contributed by atoms with Crippen molar-refractivity contribution in [2.24, 2.45) is 0 Å². The Morgan fingerprint density at radius 3 is 2.88 bits per heavy atom. The number of nitrogens with one attached hydrogen (secondary N) is 3. The largest absolute Gasteiger partial charge is 0.367 e. The molecule has 0 aliphatic carbocycles. The molecule has 3 heterocycles. The molecule has 3 rings (SSSR count). The van der Waals surface area contributed by atoms with Gasteiger partial charge in [-0.05, 0) is 17.7 Å². The van der Waals surface area contributed by atoms with E-state index in [9.17, 15) is 14.4 Å². The molecule has 0 saturated carbocycles. The van der Waals surface area contributed by atoms with E-state index in [1.165, 1.54) is 24.5 Å². The van der Waals surface area contributed by atoms with Crippen LogP contribution in [-0.2, 0) is 6.54 Å². The van der Waals surface area contributed by atoms with Gasteiger partial charge >= 0.3 is 0 Å². The number of carbonyl (C=O) groups excluding carboxylic acids is 1. The number of aromatic amines is 2. The standard InChI is InChI=1S/C16H13N5O3/c22-14-3-5-18-9-12(14)13-6-11(16(24)21-20-13)15(23)19-8-10-2-1-4-17-7-10/h1-7,9H,8H2,(H,18,22)(H,19,23)(H,21,24). The number of hydrogen-bond acceptors (Lipinski definition) is 5. The predicted octanol–water partition coefficient (Wildman–Crippen LogP) is 0.450. The molecular weight excluding hydrogens is 310 g/mol. The number of H-pyrrole nitrogens is 2.